The molecule has 3 N–H and O–H groups in total. The van der Waals surface area contributed by atoms with Crippen molar-refractivity contribution in [2.45, 2.75) is 13.3 Å². The smallest absolute Gasteiger partial charge is 0.224 e. The fraction of sp³-hybridized carbons (Fsp3) is 0.0714. The quantitative estimate of drug-likeness (QED) is 0.271. The number of rotatable bonds is 5. The molecular formula is C28H21FN6O. The van der Waals surface area contributed by atoms with Crippen molar-refractivity contribution < 1.29 is 9.18 Å². The fourth-order valence-electron chi connectivity index (χ4n) is 4.34. The van der Waals surface area contributed by atoms with Gasteiger partial charge in [0.05, 0.1) is 28.8 Å². The topological polar surface area (TPSA) is 99.4 Å². The molecule has 2 aromatic carbocycles. The highest BCUT2D eigenvalue weighted by Crippen LogP contribution is 2.34. The predicted molar refractivity (Wildman–Crippen MR) is 139 cm³/mol. The molecule has 0 saturated carbocycles. The van der Waals surface area contributed by atoms with Crippen LogP contribution in [-0.4, -0.2) is 31.1 Å². The number of anilines is 1. The Balaban J connectivity index is 1.43. The Morgan fingerprint density at radius 2 is 1.86 bits per heavy atom. The molecule has 7 nitrogen and oxygen atoms in total. The van der Waals surface area contributed by atoms with Gasteiger partial charge in [-0.3, -0.25) is 14.9 Å². The molecule has 0 spiro atoms. The fourth-order valence-corrected chi connectivity index (χ4v) is 4.34. The second kappa shape index (κ2) is 8.74. The maximum absolute atomic E-state index is 13.9. The lowest BCUT2D eigenvalue weighted by molar-refractivity contribution is -0.115. The lowest BCUT2D eigenvalue weighted by Crippen LogP contribution is -2.09. The van der Waals surface area contributed by atoms with E-state index in [1.54, 1.807) is 25.4 Å². The van der Waals surface area contributed by atoms with Crippen molar-refractivity contribution in [3.05, 3.63) is 84.9 Å². The van der Waals surface area contributed by atoms with Crippen LogP contribution in [0.3, 0.4) is 0 Å². The van der Waals surface area contributed by atoms with Crippen molar-refractivity contribution in [1.82, 2.24) is 25.1 Å². The van der Waals surface area contributed by atoms with E-state index in [1.165, 1.54) is 12.1 Å². The van der Waals surface area contributed by atoms with Crippen molar-refractivity contribution >= 4 is 33.5 Å². The van der Waals surface area contributed by atoms with Gasteiger partial charge in [0.1, 0.15) is 17.0 Å². The zero-order chi connectivity index (χ0) is 24.6. The molecule has 0 fully saturated rings. The number of carbonyl (C=O) groups is 1. The number of benzene rings is 2. The summed E-state index contributed by atoms with van der Waals surface area (Å²) in [6.45, 7) is 1.80. The molecule has 1 amide bonds. The lowest BCUT2D eigenvalue weighted by Gasteiger charge is -2.06. The Labute approximate surface area is 205 Å². The average Bonchev–Trinajstić information content (AvgIpc) is 3.52. The summed E-state index contributed by atoms with van der Waals surface area (Å²) in [5.41, 5.74) is 7.74. The van der Waals surface area contributed by atoms with E-state index in [-0.39, 0.29) is 11.7 Å². The van der Waals surface area contributed by atoms with Gasteiger partial charge in [-0.05, 0) is 53.6 Å². The Morgan fingerprint density at radius 3 is 2.72 bits per heavy atom. The zero-order valence-corrected chi connectivity index (χ0v) is 19.3. The van der Waals surface area contributed by atoms with Gasteiger partial charge < -0.3 is 10.3 Å². The Kier molecular flexibility index (Phi) is 5.26. The third kappa shape index (κ3) is 3.88. The van der Waals surface area contributed by atoms with E-state index in [0.717, 1.165) is 38.8 Å². The van der Waals surface area contributed by atoms with Gasteiger partial charge in [0.2, 0.25) is 5.91 Å². The number of halogens is 1. The van der Waals surface area contributed by atoms with Crippen molar-refractivity contribution in [3.63, 3.8) is 0 Å². The van der Waals surface area contributed by atoms with E-state index < -0.39 is 0 Å². The number of hydrogen-bond donors (Lipinski definition) is 3. The van der Waals surface area contributed by atoms with Gasteiger partial charge in [0.15, 0.2) is 0 Å². The summed E-state index contributed by atoms with van der Waals surface area (Å²) >= 11 is 0. The van der Waals surface area contributed by atoms with Crippen molar-refractivity contribution in [1.29, 1.82) is 0 Å². The number of hydrogen-bond acceptors (Lipinski definition) is 4. The number of pyridine rings is 2. The van der Waals surface area contributed by atoms with Crippen LogP contribution in [0.2, 0.25) is 0 Å². The van der Waals surface area contributed by atoms with E-state index in [0.29, 0.717) is 29.0 Å². The minimum Gasteiger partial charge on any atom is -0.353 e. The van der Waals surface area contributed by atoms with Gasteiger partial charge >= 0.3 is 0 Å². The number of nitrogens with one attached hydrogen (secondary N) is 3. The third-order valence-corrected chi connectivity index (χ3v) is 6.10. The Morgan fingerprint density at radius 1 is 0.972 bits per heavy atom. The van der Waals surface area contributed by atoms with Crippen LogP contribution < -0.4 is 5.32 Å². The Hall–Kier alpha value is -4.85. The predicted octanol–water partition coefficient (Wildman–Crippen LogP) is 6.32. The summed E-state index contributed by atoms with van der Waals surface area (Å²) in [5.74, 6) is -0.353. The number of aromatic amines is 2. The second-order valence-electron chi connectivity index (χ2n) is 8.49. The van der Waals surface area contributed by atoms with Crippen LogP contribution >= 0.6 is 0 Å². The molecule has 36 heavy (non-hydrogen) atoms. The maximum Gasteiger partial charge on any atom is 0.224 e. The molecule has 4 heterocycles. The number of H-pyrrole nitrogens is 2. The van der Waals surface area contributed by atoms with Crippen LogP contribution in [0.1, 0.15) is 13.3 Å². The minimum atomic E-state index is -0.275. The molecule has 6 rings (SSSR count). The summed E-state index contributed by atoms with van der Waals surface area (Å²) in [4.78, 5) is 24.3. The first kappa shape index (κ1) is 21.7. The van der Waals surface area contributed by atoms with Crippen LogP contribution in [0.15, 0.2) is 79.1 Å². The van der Waals surface area contributed by atoms with Crippen LogP contribution in [0, 0.1) is 5.82 Å². The summed E-state index contributed by atoms with van der Waals surface area (Å²) in [7, 11) is 0. The average molecular weight is 477 g/mol. The highest BCUT2D eigenvalue weighted by atomic mass is 19.1. The van der Waals surface area contributed by atoms with E-state index in [4.69, 9.17) is 4.98 Å². The first-order valence-electron chi connectivity index (χ1n) is 11.6. The molecule has 0 saturated heterocycles. The molecule has 0 unspecified atom stereocenters. The molecule has 8 heteroatoms. The molecule has 0 aliphatic rings. The van der Waals surface area contributed by atoms with Crippen molar-refractivity contribution in [2.24, 2.45) is 0 Å². The van der Waals surface area contributed by atoms with Gasteiger partial charge in [-0.1, -0.05) is 31.2 Å². The highest BCUT2D eigenvalue weighted by molar-refractivity contribution is 6.00. The summed E-state index contributed by atoms with van der Waals surface area (Å²) in [5, 5.41) is 11.4. The van der Waals surface area contributed by atoms with E-state index in [2.05, 4.69) is 25.5 Å². The SMILES string of the molecule is CCC(=O)Nc1cncc(-c2ccc3[nH]nc(-c4cc5c(-c6cccc(F)c6)cccc5[nH]4)c3n2)c1. The molecule has 6 aromatic rings. The van der Waals surface area contributed by atoms with Gasteiger partial charge in [-0.25, -0.2) is 9.37 Å². The number of carbonyl (C=O) groups excluding carboxylic acids is 1. The van der Waals surface area contributed by atoms with Crippen molar-refractivity contribution in [3.8, 4) is 33.8 Å². The summed E-state index contributed by atoms with van der Waals surface area (Å²) < 4.78 is 13.9. The van der Waals surface area contributed by atoms with Crippen LogP contribution in [0.5, 0.6) is 0 Å². The van der Waals surface area contributed by atoms with Gasteiger partial charge in [-0.2, -0.15) is 5.10 Å². The number of amides is 1. The lowest BCUT2D eigenvalue weighted by atomic mass is 10.0. The third-order valence-electron chi connectivity index (χ3n) is 6.10. The number of aromatic nitrogens is 5. The Bertz CT molecular complexity index is 1750. The van der Waals surface area contributed by atoms with Crippen LogP contribution in [0.25, 0.3) is 55.7 Å². The summed E-state index contributed by atoms with van der Waals surface area (Å²) in [6.07, 6.45) is 3.71. The molecule has 0 radical (unpaired) electrons. The first-order chi connectivity index (χ1) is 17.6. The van der Waals surface area contributed by atoms with Crippen molar-refractivity contribution in [2.75, 3.05) is 5.32 Å². The molecule has 4 aromatic heterocycles. The number of fused-ring (bicyclic) bond motifs is 2. The van der Waals surface area contributed by atoms with E-state index in [9.17, 15) is 9.18 Å². The largest absolute Gasteiger partial charge is 0.353 e. The van der Waals surface area contributed by atoms with E-state index in [1.807, 2.05) is 48.5 Å². The standard InChI is InChI=1S/C28H21FN6O/c1-2-26(36)31-19-12-17(14-30-15-19)22-9-10-24-27(33-22)28(35-34-24)25-13-21-20(7-4-8-23(21)32-25)16-5-3-6-18(29)11-16/h3-15,32H,2H2,1H3,(H,31,36)(H,34,35). The molecule has 0 bridgehead atoms. The van der Waals surface area contributed by atoms with Gasteiger partial charge in [0.25, 0.3) is 0 Å². The molecule has 0 atom stereocenters. The zero-order valence-electron chi connectivity index (χ0n) is 19.3. The van der Waals surface area contributed by atoms with Crippen LogP contribution in [0.4, 0.5) is 10.1 Å². The van der Waals surface area contributed by atoms with Crippen LogP contribution in [-0.2, 0) is 4.79 Å². The molecule has 0 aliphatic heterocycles. The minimum absolute atomic E-state index is 0.0779. The highest BCUT2D eigenvalue weighted by Gasteiger charge is 2.16. The normalized spacial score (nSPS) is 11.3. The summed E-state index contributed by atoms with van der Waals surface area (Å²) in [6, 6.07) is 20.2. The number of nitrogens with zero attached hydrogens (tertiary/aromatic N) is 3. The molecular weight excluding hydrogens is 455 g/mol. The van der Waals surface area contributed by atoms with E-state index >= 15 is 0 Å². The maximum atomic E-state index is 13.9. The monoisotopic (exact) mass is 476 g/mol. The second-order valence-corrected chi connectivity index (χ2v) is 8.49. The van der Waals surface area contributed by atoms with Gasteiger partial charge in [0, 0.05) is 29.1 Å². The molecule has 0 aliphatic carbocycles. The molecule has 176 valence electrons. The first-order valence-corrected chi connectivity index (χ1v) is 11.6. The van der Waals surface area contributed by atoms with Gasteiger partial charge in [-0.15, -0.1) is 0 Å².